The minimum absolute atomic E-state index is 0.467. The van der Waals surface area contributed by atoms with Gasteiger partial charge in [0, 0.05) is 6.07 Å². The van der Waals surface area contributed by atoms with E-state index in [9.17, 15) is 0 Å². The smallest absolute Gasteiger partial charge is 0.168 e. The van der Waals surface area contributed by atoms with Crippen molar-refractivity contribution in [1.29, 1.82) is 0 Å². The maximum Gasteiger partial charge on any atom is 0.168 e. The molecule has 0 unspecified atom stereocenters. The number of hydrogen-bond donors (Lipinski definition) is 1. The molecule has 5 nitrogen and oxygen atoms in total. The van der Waals surface area contributed by atoms with Crippen molar-refractivity contribution in [2.75, 3.05) is 20.2 Å². The van der Waals surface area contributed by atoms with Crippen LogP contribution in [0.25, 0.3) is 0 Å². The summed E-state index contributed by atoms with van der Waals surface area (Å²) in [4.78, 5) is 0. The monoisotopic (exact) mass is 287 g/mol. The van der Waals surface area contributed by atoms with Gasteiger partial charge in [-0.15, -0.1) is 0 Å². The Morgan fingerprint density at radius 2 is 2.00 bits per heavy atom. The van der Waals surface area contributed by atoms with Gasteiger partial charge >= 0.3 is 0 Å². The maximum absolute atomic E-state index is 5.94. The number of ether oxygens (including phenoxy) is 2. The van der Waals surface area contributed by atoms with Gasteiger partial charge in [-0.2, -0.15) is 5.10 Å². The third-order valence-electron chi connectivity index (χ3n) is 3.92. The summed E-state index contributed by atoms with van der Waals surface area (Å²) in [5, 5.41) is 7.89. The molecule has 2 aromatic rings. The van der Waals surface area contributed by atoms with Crippen molar-refractivity contribution in [3.63, 3.8) is 0 Å². The van der Waals surface area contributed by atoms with E-state index in [-0.39, 0.29) is 0 Å². The van der Waals surface area contributed by atoms with Crippen LogP contribution in [0.3, 0.4) is 0 Å². The number of benzene rings is 1. The van der Waals surface area contributed by atoms with Crippen LogP contribution in [0, 0.1) is 6.92 Å². The molecule has 0 spiro atoms. The zero-order valence-electron chi connectivity index (χ0n) is 12.5. The van der Waals surface area contributed by atoms with Crippen molar-refractivity contribution in [3.8, 4) is 17.2 Å². The van der Waals surface area contributed by atoms with Gasteiger partial charge in [0.1, 0.15) is 11.5 Å². The van der Waals surface area contributed by atoms with Gasteiger partial charge < -0.3 is 14.8 Å². The zero-order valence-corrected chi connectivity index (χ0v) is 12.5. The van der Waals surface area contributed by atoms with Gasteiger partial charge in [0.2, 0.25) is 0 Å². The Bertz CT molecular complexity index is 603. The number of nitrogens with one attached hydrogen (secondary N) is 1. The summed E-state index contributed by atoms with van der Waals surface area (Å²) in [6.45, 7) is 4.16. The molecular formula is C16H21N3O2. The molecule has 1 aliphatic rings. The van der Waals surface area contributed by atoms with Crippen LogP contribution >= 0.6 is 0 Å². The van der Waals surface area contributed by atoms with Crippen LogP contribution in [0.4, 0.5) is 0 Å². The predicted molar refractivity (Wildman–Crippen MR) is 81.2 cm³/mol. The molecule has 1 N–H and O–H groups in total. The molecule has 1 aliphatic heterocycles. The van der Waals surface area contributed by atoms with Crippen molar-refractivity contribution in [3.05, 3.63) is 36.2 Å². The lowest BCUT2D eigenvalue weighted by Gasteiger charge is -2.24. The van der Waals surface area contributed by atoms with E-state index in [0.717, 1.165) is 48.9 Å². The predicted octanol–water partition coefficient (Wildman–Crippen LogP) is 2.92. The van der Waals surface area contributed by atoms with Gasteiger partial charge in [0.05, 0.1) is 25.0 Å². The average Bonchev–Trinajstić information content (AvgIpc) is 2.89. The number of piperidine rings is 1. The van der Waals surface area contributed by atoms with E-state index in [1.807, 2.05) is 24.3 Å². The Balaban J connectivity index is 1.78. The summed E-state index contributed by atoms with van der Waals surface area (Å²) in [6.07, 6.45) is 4.03. The van der Waals surface area contributed by atoms with Crippen LogP contribution < -0.4 is 14.8 Å². The first-order valence-electron chi connectivity index (χ1n) is 7.34. The Morgan fingerprint density at radius 3 is 2.76 bits per heavy atom. The number of aromatic nitrogens is 2. The quantitative estimate of drug-likeness (QED) is 0.939. The summed E-state index contributed by atoms with van der Waals surface area (Å²) < 4.78 is 13.3. The first-order valence-corrected chi connectivity index (χ1v) is 7.34. The molecule has 1 fully saturated rings. The van der Waals surface area contributed by atoms with Gasteiger partial charge in [0.25, 0.3) is 0 Å². The Labute approximate surface area is 124 Å². The summed E-state index contributed by atoms with van der Waals surface area (Å²) in [7, 11) is 1.65. The maximum atomic E-state index is 5.94. The van der Waals surface area contributed by atoms with Crippen LogP contribution in [0.2, 0.25) is 0 Å². The fourth-order valence-corrected chi connectivity index (χ4v) is 2.72. The van der Waals surface area contributed by atoms with Crippen molar-refractivity contribution in [2.45, 2.75) is 25.8 Å². The molecule has 0 atom stereocenters. The molecular weight excluding hydrogens is 266 g/mol. The molecule has 5 heteroatoms. The van der Waals surface area contributed by atoms with Crippen LogP contribution in [0.1, 0.15) is 24.6 Å². The first-order chi connectivity index (χ1) is 10.3. The summed E-state index contributed by atoms with van der Waals surface area (Å²) in [5.41, 5.74) is 1.07. The van der Waals surface area contributed by atoms with Gasteiger partial charge in [0.15, 0.2) is 5.75 Å². The van der Waals surface area contributed by atoms with Crippen molar-refractivity contribution in [1.82, 2.24) is 15.1 Å². The van der Waals surface area contributed by atoms with Crippen molar-refractivity contribution >= 4 is 0 Å². The van der Waals surface area contributed by atoms with Crippen LogP contribution in [-0.2, 0) is 0 Å². The molecule has 21 heavy (non-hydrogen) atoms. The highest BCUT2D eigenvalue weighted by Gasteiger charge is 2.19. The Hall–Kier alpha value is -2.01. The highest BCUT2D eigenvalue weighted by atomic mass is 16.5. The molecule has 0 saturated carbocycles. The summed E-state index contributed by atoms with van der Waals surface area (Å²) in [6, 6.07) is 8.08. The minimum atomic E-state index is 0.467. The molecule has 1 saturated heterocycles. The number of methoxy groups -OCH3 is 1. The van der Waals surface area contributed by atoms with Crippen LogP contribution in [0.5, 0.6) is 17.2 Å². The van der Waals surface area contributed by atoms with Gasteiger partial charge in [-0.1, -0.05) is 6.07 Å². The summed E-state index contributed by atoms with van der Waals surface area (Å²) >= 11 is 0. The third-order valence-corrected chi connectivity index (χ3v) is 3.92. The normalized spacial score (nSPS) is 15.9. The number of nitrogens with zero attached hydrogens (tertiary/aromatic N) is 2. The molecule has 0 radical (unpaired) electrons. The van der Waals surface area contributed by atoms with Crippen molar-refractivity contribution < 1.29 is 9.47 Å². The van der Waals surface area contributed by atoms with E-state index < -0.39 is 0 Å². The topological polar surface area (TPSA) is 48.3 Å². The lowest BCUT2D eigenvalue weighted by atomic mass is 10.1. The van der Waals surface area contributed by atoms with E-state index in [1.165, 1.54) is 0 Å². The van der Waals surface area contributed by atoms with Crippen LogP contribution in [-0.4, -0.2) is 30.0 Å². The SMILES string of the molecule is COc1cccc(Oc2cnn(C3CCNCC3)c2C)c1. The van der Waals surface area contributed by atoms with Gasteiger partial charge in [-0.05, 0) is 45.0 Å². The zero-order chi connectivity index (χ0) is 14.7. The largest absolute Gasteiger partial charge is 0.497 e. The van der Waals surface area contributed by atoms with Gasteiger partial charge in [-0.25, -0.2) is 0 Å². The lowest BCUT2D eigenvalue weighted by Crippen LogP contribution is -2.30. The van der Waals surface area contributed by atoms with E-state index in [2.05, 4.69) is 22.0 Å². The molecule has 1 aromatic heterocycles. The van der Waals surface area contributed by atoms with E-state index in [1.54, 1.807) is 13.3 Å². The molecule has 0 bridgehead atoms. The number of rotatable bonds is 4. The average molecular weight is 287 g/mol. The minimum Gasteiger partial charge on any atom is -0.497 e. The second kappa shape index (κ2) is 6.18. The van der Waals surface area contributed by atoms with E-state index in [4.69, 9.17) is 9.47 Å². The molecule has 0 aliphatic carbocycles. The lowest BCUT2D eigenvalue weighted by molar-refractivity contribution is 0.336. The Morgan fingerprint density at radius 1 is 1.24 bits per heavy atom. The standard InChI is InChI=1S/C16H21N3O2/c1-12-16(21-15-5-3-4-14(10-15)20-2)11-18-19(12)13-6-8-17-9-7-13/h3-5,10-11,13,17H,6-9H2,1-2H3. The van der Waals surface area contributed by atoms with E-state index in [0.29, 0.717) is 6.04 Å². The number of hydrogen-bond acceptors (Lipinski definition) is 4. The first kappa shape index (κ1) is 13.9. The second-order valence-corrected chi connectivity index (χ2v) is 5.30. The molecule has 112 valence electrons. The third kappa shape index (κ3) is 3.03. The highest BCUT2D eigenvalue weighted by Crippen LogP contribution is 2.30. The molecule has 0 amide bonds. The Kier molecular flexibility index (Phi) is 4.10. The highest BCUT2D eigenvalue weighted by molar-refractivity contribution is 5.37. The molecule has 1 aromatic carbocycles. The van der Waals surface area contributed by atoms with Crippen molar-refractivity contribution in [2.24, 2.45) is 0 Å². The van der Waals surface area contributed by atoms with Crippen LogP contribution in [0.15, 0.2) is 30.5 Å². The van der Waals surface area contributed by atoms with E-state index >= 15 is 0 Å². The second-order valence-electron chi connectivity index (χ2n) is 5.30. The fraction of sp³-hybridized carbons (Fsp3) is 0.438. The molecule has 2 heterocycles. The fourth-order valence-electron chi connectivity index (χ4n) is 2.72. The van der Waals surface area contributed by atoms with Gasteiger partial charge in [-0.3, -0.25) is 4.68 Å². The summed E-state index contributed by atoms with van der Waals surface area (Å²) in [5.74, 6) is 2.36. The molecule has 3 rings (SSSR count).